The van der Waals surface area contributed by atoms with E-state index in [-0.39, 0.29) is 5.91 Å². The summed E-state index contributed by atoms with van der Waals surface area (Å²) in [4.78, 5) is 11.9. The third kappa shape index (κ3) is 4.88. The smallest absolute Gasteiger partial charge is 0.220 e. The normalized spacial score (nSPS) is 12.1. The number of rotatable bonds is 7. The van der Waals surface area contributed by atoms with E-state index in [9.17, 15) is 4.79 Å². The summed E-state index contributed by atoms with van der Waals surface area (Å²) in [5, 5.41) is 7.95. The molecule has 0 saturated heterocycles. The van der Waals surface area contributed by atoms with E-state index in [1.807, 2.05) is 30.5 Å². The van der Waals surface area contributed by atoms with E-state index in [2.05, 4.69) is 24.3 Å². The van der Waals surface area contributed by atoms with E-state index in [0.717, 1.165) is 24.1 Å². The number of carbonyl (C=O) groups is 1. The van der Waals surface area contributed by atoms with Crippen LogP contribution in [0.3, 0.4) is 0 Å². The lowest BCUT2D eigenvalue weighted by Gasteiger charge is -2.09. The molecule has 0 radical (unpaired) electrons. The van der Waals surface area contributed by atoms with Gasteiger partial charge in [-0.25, -0.2) is 4.68 Å². The number of nitrogens with zero attached hydrogens (tertiary/aromatic N) is 2. The molecule has 0 bridgehead atoms. The molecule has 1 heterocycles. The van der Waals surface area contributed by atoms with Crippen LogP contribution in [0.1, 0.15) is 38.7 Å². The molecule has 22 heavy (non-hydrogen) atoms. The molecule has 1 aromatic heterocycles. The summed E-state index contributed by atoms with van der Waals surface area (Å²) in [6.07, 6.45) is 6.47. The first kappa shape index (κ1) is 16.6. The molecule has 4 nitrogen and oxygen atoms in total. The van der Waals surface area contributed by atoms with E-state index < -0.39 is 0 Å². The van der Waals surface area contributed by atoms with Crippen molar-refractivity contribution in [3.05, 3.63) is 47.2 Å². The van der Waals surface area contributed by atoms with E-state index in [4.69, 9.17) is 11.6 Å². The van der Waals surface area contributed by atoms with Crippen LogP contribution in [-0.4, -0.2) is 15.7 Å². The number of hydrogen-bond donors (Lipinski definition) is 1. The summed E-state index contributed by atoms with van der Waals surface area (Å²) in [6, 6.07) is 7.47. The number of aromatic nitrogens is 2. The van der Waals surface area contributed by atoms with Crippen LogP contribution >= 0.6 is 11.6 Å². The fraction of sp³-hybridized carbons (Fsp3) is 0.412. The van der Waals surface area contributed by atoms with Crippen molar-refractivity contribution in [2.45, 2.75) is 39.7 Å². The van der Waals surface area contributed by atoms with Crippen LogP contribution in [0.5, 0.6) is 0 Å². The van der Waals surface area contributed by atoms with Gasteiger partial charge in [0.05, 0.1) is 11.9 Å². The van der Waals surface area contributed by atoms with Crippen LogP contribution in [0.15, 0.2) is 36.7 Å². The van der Waals surface area contributed by atoms with Crippen LogP contribution in [0.4, 0.5) is 0 Å². The lowest BCUT2D eigenvalue weighted by molar-refractivity contribution is -0.122. The van der Waals surface area contributed by atoms with Gasteiger partial charge < -0.3 is 5.32 Å². The summed E-state index contributed by atoms with van der Waals surface area (Å²) in [5.41, 5.74) is 1.92. The van der Waals surface area contributed by atoms with Gasteiger partial charge in [-0.2, -0.15) is 5.10 Å². The number of carbonyl (C=O) groups excluding carboxylic acids is 1. The fourth-order valence-corrected chi connectivity index (χ4v) is 2.50. The predicted molar refractivity (Wildman–Crippen MR) is 89.1 cm³/mol. The topological polar surface area (TPSA) is 46.9 Å². The zero-order valence-electron chi connectivity index (χ0n) is 13.1. The van der Waals surface area contributed by atoms with Gasteiger partial charge in [0, 0.05) is 29.7 Å². The Bertz CT molecular complexity index is 607. The molecule has 5 heteroatoms. The zero-order chi connectivity index (χ0) is 15.9. The van der Waals surface area contributed by atoms with E-state index in [1.165, 1.54) is 0 Å². The largest absolute Gasteiger partial charge is 0.352 e. The van der Waals surface area contributed by atoms with E-state index in [0.29, 0.717) is 23.9 Å². The van der Waals surface area contributed by atoms with Gasteiger partial charge in [-0.15, -0.1) is 0 Å². The van der Waals surface area contributed by atoms with Gasteiger partial charge in [0.15, 0.2) is 0 Å². The molecule has 118 valence electrons. The molecule has 0 saturated carbocycles. The average Bonchev–Trinajstić information content (AvgIpc) is 2.95. The lowest BCUT2D eigenvalue weighted by atomic mass is 10.0. The Morgan fingerprint density at radius 3 is 2.77 bits per heavy atom. The minimum Gasteiger partial charge on any atom is -0.352 e. The highest BCUT2D eigenvalue weighted by Gasteiger charge is 2.08. The molecule has 2 rings (SSSR count). The minimum absolute atomic E-state index is 0.0974. The number of amides is 1. The highest BCUT2D eigenvalue weighted by molar-refractivity contribution is 6.30. The molecule has 1 amide bonds. The molecule has 0 aliphatic carbocycles. The summed E-state index contributed by atoms with van der Waals surface area (Å²) < 4.78 is 1.78. The quantitative estimate of drug-likeness (QED) is 0.839. The Labute approximate surface area is 136 Å². The van der Waals surface area contributed by atoms with Crippen molar-refractivity contribution in [2.75, 3.05) is 0 Å². The maximum atomic E-state index is 11.9. The highest BCUT2D eigenvalue weighted by atomic mass is 35.5. The van der Waals surface area contributed by atoms with Crippen molar-refractivity contribution in [2.24, 2.45) is 5.92 Å². The average molecular weight is 320 g/mol. The molecular formula is C17H22ClN3O. The van der Waals surface area contributed by atoms with Crippen LogP contribution in [-0.2, 0) is 11.3 Å². The molecule has 0 spiro atoms. The number of halogens is 1. The van der Waals surface area contributed by atoms with Crippen molar-refractivity contribution in [1.29, 1.82) is 0 Å². The van der Waals surface area contributed by atoms with Crippen molar-refractivity contribution >= 4 is 17.5 Å². The zero-order valence-corrected chi connectivity index (χ0v) is 13.8. The predicted octanol–water partition coefficient (Wildman–Crippen LogP) is 3.97. The van der Waals surface area contributed by atoms with Gasteiger partial charge >= 0.3 is 0 Å². The van der Waals surface area contributed by atoms with Gasteiger partial charge in [-0.1, -0.05) is 38.3 Å². The Balaban J connectivity index is 1.87. The first-order valence-corrected chi connectivity index (χ1v) is 8.02. The van der Waals surface area contributed by atoms with Gasteiger partial charge in [-0.3, -0.25) is 4.79 Å². The van der Waals surface area contributed by atoms with Crippen molar-refractivity contribution in [3.63, 3.8) is 0 Å². The molecule has 0 aliphatic heterocycles. The molecular weight excluding hydrogens is 298 g/mol. The molecule has 2 aromatic rings. The standard InChI is InChI=1S/C17H22ClN3O/c1-3-4-13(2)9-17(22)19-10-14-11-20-21(12-14)16-7-5-15(18)6-8-16/h5-8,11-13H,3-4,9-10H2,1-2H3,(H,19,22). The van der Waals surface area contributed by atoms with Crippen molar-refractivity contribution < 1.29 is 4.79 Å². The van der Waals surface area contributed by atoms with Gasteiger partial charge in [0.1, 0.15) is 0 Å². The molecule has 1 atom stereocenters. The van der Waals surface area contributed by atoms with Crippen LogP contribution < -0.4 is 5.32 Å². The third-order valence-corrected chi connectivity index (χ3v) is 3.78. The second-order valence-corrected chi connectivity index (χ2v) is 6.08. The van der Waals surface area contributed by atoms with Crippen LogP contribution in [0, 0.1) is 5.92 Å². The molecule has 1 unspecified atom stereocenters. The lowest BCUT2D eigenvalue weighted by Crippen LogP contribution is -2.24. The van der Waals surface area contributed by atoms with Crippen molar-refractivity contribution in [3.8, 4) is 5.69 Å². The molecule has 0 fully saturated rings. The Morgan fingerprint density at radius 2 is 2.09 bits per heavy atom. The van der Waals surface area contributed by atoms with E-state index >= 15 is 0 Å². The summed E-state index contributed by atoms with van der Waals surface area (Å²) in [7, 11) is 0. The summed E-state index contributed by atoms with van der Waals surface area (Å²) >= 11 is 5.88. The van der Waals surface area contributed by atoms with Crippen LogP contribution in [0.2, 0.25) is 5.02 Å². The van der Waals surface area contributed by atoms with Crippen molar-refractivity contribution in [1.82, 2.24) is 15.1 Å². The monoisotopic (exact) mass is 319 g/mol. The Morgan fingerprint density at radius 1 is 1.36 bits per heavy atom. The van der Waals surface area contributed by atoms with Gasteiger partial charge in [0.2, 0.25) is 5.91 Å². The van der Waals surface area contributed by atoms with Crippen LogP contribution in [0.25, 0.3) is 5.69 Å². The number of benzene rings is 1. The fourth-order valence-electron chi connectivity index (χ4n) is 2.37. The first-order valence-electron chi connectivity index (χ1n) is 7.64. The molecule has 0 aliphatic rings. The second kappa shape index (κ2) is 7.99. The SMILES string of the molecule is CCCC(C)CC(=O)NCc1cnn(-c2ccc(Cl)cc2)c1. The summed E-state index contributed by atoms with van der Waals surface area (Å²) in [5.74, 6) is 0.530. The first-order chi connectivity index (χ1) is 10.6. The molecule has 1 aromatic carbocycles. The Hall–Kier alpha value is -1.81. The number of hydrogen-bond acceptors (Lipinski definition) is 2. The maximum absolute atomic E-state index is 11.9. The number of nitrogens with one attached hydrogen (secondary N) is 1. The highest BCUT2D eigenvalue weighted by Crippen LogP contribution is 2.13. The molecule has 1 N–H and O–H groups in total. The van der Waals surface area contributed by atoms with Gasteiger partial charge in [-0.05, 0) is 30.2 Å². The Kier molecular flexibility index (Phi) is 6.01. The third-order valence-electron chi connectivity index (χ3n) is 3.53. The minimum atomic E-state index is 0.0974. The van der Waals surface area contributed by atoms with Gasteiger partial charge in [0.25, 0.3) is 0 Å². The maximum Gasteiger partial charge on any atom is 0.220 e. The van der Waals surface area contributed by atoms with E-state index in [1.54, 1.807) is 10.9 Å². The summed E-state index contributed by atoms with van der Waals surface area (Å²) in [6.45, 7) is 4.76. The second-order valence-electron chi connectivity index (χ2n) is 5.64.